The summed E-state index contributed by atoms with van der Waals surface area (Å²) in [7, 11) is -3.76. The van der Waals surface area contributed by atoms with Crippen molar-refractivity contribution < 1.29 is 13.2 Å². The molecule has 0 fully saturated rings. The summed E-state index contributed by atoms with van der Waals surface area (Å²) >= 11 is 0. The van der Waals surface area contributed by atoms with E-state index in [0.29, 0.717) is 30.4 Å². The Labute approximate surface area is 190 Å². The number of anilines is 1. The summed E-state index contributed by atoms with van der Waals surface area (Å²) in [6.45, 7) is 9.57. The summed E-state index contributed by atoms with van der Waals surface area (Å²) in [4.78, 5) is 17.1. The molecule has 2 heterocycles. The molecule has 0 radical (unpaired) electrons. The molecule has 1 aromatic carbocycles. The fourth-order valence-corrected chi connectivity index (χ4v) is 4.93. The molecule has 1 amide bonds. The van der Waals surface area contributed by atoms with Gasteiger partial charge < -0.3 is 5.32 Å². The molecule has 3 rings (SSSR count). The van der Waals surface area contributed by atoms with Crippen molar-refractivity contribution in [3.05, 3.63) is 41.2 Å². The van der Waals surface area contributed by atoms with Crippen LogP contribution in [0.5, 0.6) is 0 Å². The van der Waals surface area contributed by atoms with Crippen LogP contribution in [0.3, 0.4) is 0 Å². The van der Waals surface area contributed by atoms with Crippen molar-refractivity contribution in [3.8, 4) is 0 Å². The highest BCUT2D eigenvalue weighted by molar-refractivity contribution is 7.90. The molecule has 32 heavy (non-hydrogen) atoms. The summed E-state index contributed by atoms with van der Waals surface area (Å²) in [5, 5.41) is 7.38. The highest BCUT2D eigenvalue weighted by atomic mass is 32.2. The van der Waals surface area contributed by atoms with Gasteiger partial charge in [0.15, 0.2) is 0 Å². The zero-order valence-electron chi connectivity index (χ0n) is 19.3. The summed E-state index contributed by atoms with van der Waals surface area (Å²) < 4.78 is 30.2. The third-order valence-corrected chi connectivity index (χ3v) is 6.84. The maximum Gasteiger partial charge on any atom is 0.262 e. The van der Waals surface area contributed by atoms with Gasteiger partial charge in [0.05, 0.1) is 17.0 Å². The Morgan fingerprint density at radius 1 is 1.19 bits per heavy atom. The topological polar surface area (TPSA) is 105 Å². The molecule has 0 spiro atoms. The highest BCUT2D eigenvalue weighted by Gasteiger charge is 2.19. The molecule has 2 N–H and O–H groups in total. The van der Waals surface area contributed by atoms with Crippen molar-refractivity contribution in [1.82, 2.24) is 14.5 Å². The largest absolute Gasteiger partial charge is 0.326 e. The van der Waals surface area contributed by atoms with Crippen LogP contribution in [0.2, 0.25) is 0 Å². The van der Waals surface area contributed by atoms with Gasteiger partial charge in [0, 0.05) is 36.5 Å². The number of amidine groups is 1. The lowest BCUT2D eigenvalue weighted by atomic mass is 10.1. The number of carbonyl (C=O) groups excluding carboxylic acids is 1. The molecule has 0 aliphatic carbocycles. The Hall–Kier alpha value is -2.68. The van der Waals surface area contributed by atoms with Crippen LogP contribution in [0.25, 0.3) is 0 Å². The summed E-state index contributed by atoms with van der Waals surface area (Å²) in [6.07, 6.45) is 3.75. The molecule has 0 bridgehead atoms. The second-order valence-electron chi connectivity index (χ2n) is 8.72. The fraction of sp³-hybridized carbons (Fsp3) is 0.522. The average Bonchev–Trinajstić information content (AvgIpc) is 2.90. The van der Waals surface area contributed by atoms with Crippen molar-refractivity contribution in [3.63, 3.8) is 0 Å². The Morgan fingerprint density at radius 3 is 2.72 bits per heavy atom. The molecular formula is C23H33N5O3S. The highest BCUT2D eigenvalue weighted by Crippen LogP contribution is 2.19. The first kappa shape index (κ1) is 24.0. The van der Waals surface area contributed by atoms with E-state index in [0.717, 1.165) is 42.8 Å². The number of aliphatic imine (C=N–C) groups is 1. The van der Waals surface area contributed by atoms with Gasteiger partial charge in [-0.05, 0) is 50.8 Å². The number of hydrogen-bond acceptors (Lipinski definition) is 5. The van der Waals surface area contributed by atoms with Crippen LogP contribution in [0, 0.1) is 19.8 Å². The molecule has 1 aliphatic rings. The normalized spacial score (nSPS) is 14.7. The number of nitrogens with one attached hydrogen (secondary N) is 2. The Balaban J connectivity index is 1.70. The van der Waals surface area contributed by atoms with E-state index in [1.165, 1.54) is 12.1 Å². The van der Waals surface area contributed by atoms with Crippen LogP contribution in [0.4, 0.5) is 5.69 Å². The van der Waals surface area contributed by atoms with Gasteiger partial charge in [-0.25, -0.2) is 8.42 Å². The van der Waals surface area contributed by atoms with Crippen LogP contribution in [0.15, 0.2) is 34.2 Å². The van der Waals surface area contributed by atoms with Gasteiger partial charge in [0.25, 0.3) is 10.0 Å². The average molecular weight is 460 g/mol. The van der Waals surface area contributed by atoms with Crippen LogP contribution in [0.1, 0.15) is 56.5 Å². The van der Waals surface area contributed by atoms with E-state index in [4.69, 9.17) is 0 Å². The smallest absolute Gasteiger partial charge is 0.262 e. The summed E-state index contributed by atoms with van der Waals surface area (Å²) in [6, 6.07) is 6.29. The van der Waals surface area contributed by atoms with Crippen molar-refractivity contribution in [2.24, 2.45) is 10.9 Å². The van der Waals surface area contributed by atoms with Gasteiger partial charge in [-0.3, -0.25) is 19.2 Å². The first-order chi connectivity index (χ1) is 15.2. The molecule has 9 heteroatoms. The Kier molecular flexibility index (Phi) is 7.71. The number of amides is 1. The number of benzene rings is 1. The molecular weight excluding hydrogens is 426 g/mol. The summed E-state index contributed by atoms with van der Waals surface area (Å²) in [5.74, 6) is 0.745. The van der Waals surface area contributed by atoms with Crippen LogP contribution < -0.4 is 10.0 Å². The molecule has 1 aliphatic heterocycles. The Morgan fingerprint density at radius 2 is 1.97 bits per heavy atom. The lowest BCUT2D eigenvalue weighted by molar-refractivity contribution is -0.115. The van der Waals surface area contributed by atoms with Gasteiger partial charge >= 0.3 is 0 Å². The first-order valence-electron chi connectivity index (χ1n) is 11.1. The molecule has 8 nitrogen and oxygen atoms in total. The summed E-state index contributed by atoms with van der Waals surface area (Å²) in [5.41, 5.74) is 3.16. The quantitative estimate of drug-likeness (QED) is 0.660. The minimum absolute atomic E-state index is 0.0966. The predicted octanol–water partition coefficient (Wildman–Crippen LogP) is 3.59. The van der Waals surface area contributed by atoms with Crippen molar-refractivity contribution >= 4 is 27.5 Å². The van der Waals surface area contributed by atoms with Crippen molar-refractivity contribution in [1.29, 1.82) is 0 Å². The first-order valence-corrected chi connectivity index (χ1v) is 12.6. The van der Waals surface area contributed by atoms with Crippen LogP contribution in [-0.4, -0.2) is 36.5 Å². The van der Waals surface area contributed by atoms with E-state index in [1.807, 2.05) is 18.5 Å². The van der Waals surface area contributed by atoms with E-state index in [9.17, 15) is 13.2 Å². The molecule has 2 aromatic rings. The van der Waals surface area contributed by atoms with Gasteiger partial charge in [0.1, 0.15) is 5.84 Å². The number of hydrogen-bond donors (Lipinski definition) is 2. The molecule has 0 saturated carbocycles. The van der Waals surface area contributed by atoms with Crippen LogP contribution >= 0.6 is 0 Å². The number of sulfonamides is 1. The molecule has 0 atom stereocenters. The lowest BCUT2D eigenvalue weighted by Gasteiger charge is -2.11. The Bertz CT molecular complexity index is 1100. The molecule has 0 saturated heterocycles. The zero-order chi connectivity index (χ0) is 23.3. The van der Waals surface area contributed by atoms with E-state index in [2.05, 4.69) is 34.0 Å². The molecule has 0 unspecified atom stereocenters. The van der Waals surface area contributed by atoms with Gasteiger partial charge in [0.2, 0.25) is 5.91 Å². The maximum atomic E-state index is 12.8. The van der Waals surface area contributed by atoms with E-state index < -0.39 is 10.0 Å². The SMILES string of the molecule is Cc1nn(CC(C)C)c(C)c1CC(=O)Nc1cccc(S(=O)(=O)NC2=NCCCCC2)c1. The number of carbonyl (C=O) groups is 1. The number of aryl methyl sites for hydroxylation is 1. The predicted molar refractivity (Wildman–Crippen MR) is 126 cm³/mol. The third kappa shape index (κ3) is 6.18. The standard InChI is InChI=1S/C23H33N5O3S/c1-16(2)15-28-18(4)21(17(3)26-28)14-23(29)25-19-9-8-10-20(13-19)32(30,31)27-22-11-6-5-7-12-24-22/h8-10,13,16H,5-7,11-12,14-15H2,1-4H3,(H,24,27)(H,25,29). The fourth-order valence-electron chi connectivity index (χ4n) is 3.79. The van der Waals surface area contributed by atoms with Gasteiger partial charge in [-0.15, -0.1) is 0 Å². The van der Waals surface area contributed by atoms with Crippen LogP contribution in [-0.2, 0) is 27.8 Å². The van der Waals surface area contributed by atoms with Crippen molar-refractivity contribution in [2.45, 2.75) is 71.2 Å². The van der Waals surface area contributed by atoms with E-state index in [-0.39, 0.29) is 17.2 Å². The minimum atomic E-state index is -3.76. The molecule has 1 aromatic heterocycles. The van der Waals surface area contributed by atoms with E-state index in [1.54, 1.807) is 12.1 Å². The van der Waals surface area contributed by atoms with E-state index >= 15 is 0 Å². The number of nitrogens with zero attached hydrogens (tertiary/aromatic N) is 3. The second kappa shape index (κ2) is 10.3. The maximum absolute atomic E-state index is 12.8. The second-order valence-corrected chi connectivity index (χ2v) is 10.4. The number of aromatic nitrogens is 2. The minimum Gasteiger partial charge on any atom is -0.326 e. The number of rotatable bonds is 7. The van der Waals surface area contributed by atoms with Gasteiger partial charge in [-0.1, -0.05) is 26.3 Å². The van der Waals surface area contributed by atoms with Crippen molar-refractivity contribution in [2.75, 3.05) is 11.9 Å². The molecule has 174 valence electrons. The lowest BCUT2D eigenvalue weighted by Crippen LogP contribution is -2.30. The third-order valence-electron chi connectivity index (χ3n) is 5.46. The monoisotopic (exact) mass is 459 g/mol. The van der Waals surface area contributed by atoms with Gasteiger partial charge in [-0.2, -0.15) is 5.10 Å². The zero-order valence-corrected chi connectivity index (χ0v) is 20.1.